The van der Waals surface area contributed by atoms with Crippen molar-refractivity contribution in [1.29, 1.82) is 0 Å². The molecule has 0 saturated heterocycles. The van der Waals surface area contributed by atoms with E-state index in [4.69, 9.17) is 0 Å². The molecule has 0 aromatic heterocycles. The minimum atomic E-state index is -0.227. The van der Waals surface area contributed by atoms with Crippen molar-refractivity contribution in [1.82, 2.24) is 0 Å². The molecule has 0 amide bonds. The summed E-state index contributed by atoms with van der Waals surface area (Å²) in [6.07, 6.45) is 5.93. The highest BCUT2D eigenvalue weighted by atomic mass is 14.4. The number of benzene rings is 6. The van der Waals surface area contributed by atoms with Gasteiger partial charge in [0.1, 0.15) is 0 Å². The number of fused-ring (bicyclic) bond motifs is 4. The van der Waals surface area contributed by atoms with Crippen LogP contribution in [0.1, 0.15) is 31.4 Å². The van der Waals surface area contributed by atoms with Crippen LogP contribution in [-0.4, -0.2) is 0 Å². The van der Waals surface area contributed by atoms with Crippen LogP contribution in [0, 0.1) is 0 Å². The van der Waals surface area contributed by atoms with Crippen molar-refractivity contribution in [3.63, 3.8) is 0 Å². The Hall–Kier alpha value is -4.68. The largest absolute Gasteiger partial charge is 0.0622 e. The third-order valence-corrected chi connectivity index (χ3v) is 9.77. The van der Waals surface area contributed by atoms with Gasteiger partial charge in [-0.2, -0.15) is 0 Å². The Labute approximate surface area is 240 Å². The molecule has 0 aliphatic heterocycles. The molecule has 41 heavy (non-hydrogen) atoms. The van der Waals surface area contributed by atoms with Gasteiger partial charge in [0, 0.05) is 10.8 Å². The van der Waals surface area contributed by atoms with Crippen LogP contribution < -0.4 is 20.9 Å². The Morgan fingerprint density at radius 1 is 0.415 bits per heavy atom. The lowest BCUT2D eigenvalue weighted by atomic mass is 9.68. The molecule has 0 nitrogen and oxygen atoms in total. The maximum atomic E-state index is 2.51. The summed E-state index contributed by atoms with van der Waals surface area (Å²) in [5.41, 5.74) is 5.27. The second-order valence-electron chi connectivity index (χ2n) is 12.1. The lowest BCUT2D eigenvalue weighted by molar-refractivity contribution is 0.784. The van der Waals surface area contributed by atoms with E-state index in [0.29, 0.717) is 0 Å². The molecule has 0 saturated carbocycles. The van der Waals surface area contributed by atoms with E-state index in [1.807, 2.05) is 0 Å². The summed E-state index contributed by atoms with van der Waals surface area (Å²) in [6, 6.07) is 49.3. The molecule has 0 radical (unpaired) electrons. The summed E-state index contributed by atoms with van der Waals surface area (Å²) < 4.78 is 0. The molecule has 6 aromatic rings. The van der Waals surface area contributed by atoms with E-state index >= 15 is 0 Å². The predicted molar refractivity (Wildman–Crippen MR) is 174 cm³/mol. The van der Waals surface area contributed by atoms with Crippen LogP contribution in [0.15, 0.2) is 133 Å². The Morgan fingerprint density at radius 2 is 0.805 bits per heavy atom. The summed E-state index contributed by atoms with van der Waals surface area (Å²) >= 11 is 0. The van der Waals surface area contributed by atoms with Gasteiger partial charge in [-0.25, -0.2) is 0 Å². The second-order valence-corrected chi connectivity index (χ2v) is 12.1. The van der Waals surface area contributed by atoms with Gasteiger partial charge in [-0.1, -0.05) is 146 Å². The maximum absolute atomic E-state index is 2.51. The predicted octanol–water partition coefficient (Wildman–Crippen LogP) is 6.89. The highest BCUT2D eigenvalue weighted by Crippen LogP contribution is 2.47. The van der Waals surface area contributed by atoms with Crippen LogP contribution in [0.5, 0.6) is 0 Å². The van der Waals surface area contributed by atoms with E-state index in [1.54, 1.807) is 0 Å². The van der Waals surface area contributed by atoms with Crippen LogP contribution >= 0.6 is 0 Å². The molecule has 0 heteroatoms. The first-order chi connectivity index (χ1) is 20.1. The van der Waals surface area contributed by atoms with Gasteiger partial charge in [-0.3, -0.25) is 0 Å². The fourth-order valence-electron chi connectivity index (χ4n) is 7.72. The molecule has 0 heterocycles. The average Bonchev–Trinajstić information content (AvgIpc) is 3.47. The van der Waals surface area contributed by atoms with Gasteiger partial charge in [-0.15, -0.1) is 0 Å². The lowest BCUT2D eigenvalue weighted by Gasteiger charge is -2.34. The molecule has 0 spiro atoms. The van der Waals surface area contributed by atoms with E-state index in [-0.39, 0.29) is 10.8 Å². The Bertz CT molecular complexity index is 2090. The summed E-state index contributed by atoms with van der Waals surface area (Å²) in [5.74, 6) is 0. The maximum Gasteiger partial charge on any atom is 0.0340 e. The quantitative estimate of drug-likeness (QED) is 0.236. The van der Waals surface area contributed by atoms with Crippen molar-refractivity contribution in [3.8, 4) is 0 Å². The number of hydrogen-bond donors (Lipinski definition) is 0. The van der Waals surface area contributed by atoms with Crippen molar-refractivity contribution in [2.75, 3.05) is 0 Å². The van der Waals surface area contributed by atoms with Crippen LogP contribution in [0.2, 0.25) is 0 Å². The average molecular weight is 525 g/mol. The first-order valence-corrected chi connectivity index (χ1v) is 14.7. The highest BCUT2D eigenvalue weighted by molar-refractivity contribution is 5.96. The molecule has 196 valence electrons. The third kappa shape index (κ3) is 3.54. The SMILES string of the molecule is CC1(c2cccc3ccccc23)C=c2ccccc2=C1CC1=c2ccccc2=CC1(C)c1cccc2ccccc12. The van der Waals surface area contributed by atoms with Gasteiger partial charge in [0.05, 0.1) is 0 Å². The zero-order valence-corrected chi connectivity index (χ0v) is 23.6. The Kier molecular flexibility index (Phi) is 5.25. The minimum Gasteiger partial charge on any atom is -0.0622 e. The molecular weight excluding hydrogens is 492 g/mol. The Balaban J connectivity index is 1.40. The van der Waals surface area contributed by atoms with E-state index < -0.39 is 0 Å². The third-order valence-electron chi connectivity index (χ3n) is 9.77. The molecule has 2 atom stereocenters. The second kappa shape index (κ2) is 8.91. The molecule has 0 bridgehead atoms. The monoisotopic (exact) mass is 524 g/mol. The summed E-state index contributed by atoms with van der Waals surface area (Å²) in [7, 11) is 0. The van der Waals surface area contributed by atoms with Crippen LogP contribution in [0.25, 0.3) is 44.8 Å². The van der Waals surface area contributed by atoms with Gasteiger partial charge in [0.15, 0.2) is 0 Å². The summed E-state index contributed by atoms with van der Waals surface area (Å²) in [4.78, 5) is 0. The molecule has 2 aliphatic carbocycles. The highest BCUT2D eigenvalue weighted by Gasteiger charge is 2.39. The standard InChI is InChI=1S/C41H32/c1-40(36-23-11-17-28-13-3-7-19-32(28)36)26-30-15-5-9-21-34(30)38(40)25-39-35-22-10-6-16-31(35)27-41(39,2)37-24-12-18-29-14-4-8-20-33(29)37/h3-24,26-27H,25H2,1-2H3. The van der Waals surface area contributed by atoms with Gasteiger partial charge in [-0.05, 0) is 85.0 Å². The molecular formula is C41H32. The topological polar surface area (TPSA) is 0 Å². The van der Waals surface area contributed by atoms with Crippen molar-refractivity contribution in [2.24, 2.45) is 0 Å². The van der Waals surface area contributed by atoms with E-state index in [9.17, 15) is 0 Å². The lowest BCUT2D eigenvalue weighted by Crippen LogP contribution is -2.29. The van der Waals surface area contributed by atoms with Gasteiger partial charge < -0.3 is 0 Å². The Morgan fingerprint density at radius 3 is 1.29 bits per heavy atom. The van der Waals surface area contributed by atoms with E-state index in [0.717, 1.165) is 6.42 Å². The van der Waals surface area contributed by atoms with Crippen molar-refractivity contribution in [2.45, 2.75) is 31.1 Å². The van der Waals surface area contributed by atoms with E-state index in [2.05, 4.69) is 159 Å². The van der Waals surface area contributed by atoms with Crippen molar-refractivity contribution >= 4 is 44.8 Å². The molecule has 0 N–H and O–H groups in total. The minimum absolute atomic E-state index is 0.227. The van der Waals surface area contributed by atoms with Gasteiger partial charge in [0.2, 0.25) is 0 Å². The van der Waals surface area contributed by atoms with Gasteiger partial charge in [0.25, 0.3) is 0 Å². The number of rotatable bonds is 4. The fraction of sp³-hybridized carbons (Fsp3) is 0.122. The molecule has 6 aromatic carbocycles. The summed E-state index contributed by atoms with van der Waals surface area (Å²) in [5, 5.41) is 10.7. The van der Waals surface area contributed by atoms with E-state index in [1.165, 1.54) is 64.7 Å². The zero-order chi connectivity index (χ0) is 27.6. The smallest absolute Gasteiger partial charge is 0.0340 e. The van der Waals surface area contributed by atoms with Crippen molar-refractivity contribution < 1.29 is 0 Å². The van der Waals surface area contributed by atoms with Crippen LogP contribution in [0.4, 0.5) is 0 Å². The van der Waals surface area contributed by atoms with Crippen LogP contribution in [0.3, 0.4) is 0 Å². The van der Waals surface area contributed by atoms with Crippen LogP contribution in [-0.2, 0) is 10.8 Å². The van der Waals surface area contributed by atoms with Crippen molar-refractivity contribution in [3.05, 3.63) is 165 Å². The first-order valence-electron chi connectivity index (χ1n) is 14.7. The number of hydrogen-bond acceptors (Lipinski definition) is 0. The zero-order valence-electron chi connectivity index (χ0n) is 23.6. The summed E-state index contributed by atoms with van der Waals surface area (Å²) in [6.45, 7) is 4.87. The fourth-order valence-corrected chi connectivity index (χ4v) is 7.72. The molecule has 0 fully saturated rings. The first kappa shape index (κ1) is 24.1. The van der Waals surface area contributed by atoms with Gasteiger partial charge >= 0.3 is 0 Å². The molecule has 2 unspecified atom stereocenters. The normalized spacial score (nSPS) is 21.0. The molecule has 8 rings (SSSR count). The molecule has 2 aliphatic rings.